The number of piperidine rings is 1. The number of carbonyl (C=O) groups is 1. The second kappa shape index (κ2) is 4.42. The van der Waals surface area contributed by atoms with Crippen LogP contribution in [0.2, 0.25) is 0 Å². The second-order valence-corrected chi connectivity index (χ2v) is 3.25. The molecule has 2 unspecified atom stereocenters. The van der Waals surface area contributed by atoms with E-state index in [0.717, 1.165) is 26.0 Å². The third-order valence-corrected chi connectivity index (χ3v) is 2.26. The van der Waals surface area contributed by atoms with Gasteiger partial charge in [-0.25, -0.2) is 0 Å². The molecule has 1 aliphatic rings. The van der Waals surface area contributed by atoms with E-state index in [1.807, 2.05) is 0 Å². The van der Waals surface area contributed by atoms with Gasteiger partial charge in [0.25, 0.3) is 0 Å². The Morgan fingerprint density at radius 3 is 3.08 bits per heavy atom. The minimum absolute atomic E-state index is 0.154. The van der Waals surface area contributed by atoms with Gasteiger partial charge in [0.15, 0.2) is 0 Å². The quantitative estimate of drug-likeness (QED) is 0.602. The molecule has 1 amide bonds. The lowest BCUT2D eigenvalue weighted by Crippen LogP contribution is -2.47. The summed E-state index contributed by atoms with van der Waals surface area (Å²) in [6.07, 6.45) is 1.88. The molecular weight excluding hydrogens is 156 g/mol. The molecule has 1 fully saturated rings. The maximum Gasteiger partial charge on any atom is 0.234 e. The highest BCUT2D eigenvalue weighted by molar-refractivity contribution is 5.79. The molecule has 0 saturated carbocycles. The molecule has 4 heteroatoms. The predicted molar refractivity (Wildman–Crippen MR) is 45.6 cm³/mol. The topological polar surface area (TPSA) is 64.3 Å². The largest absolute Gasteiger partial charge is 0.384 e. The van der Waals surface area contributed by atoms with Crippen LogP contribution in [0.1, 0.15) is 12.8 Å². The van der Waals surface area contributed by atoms with E-state index in [0.29, 0.717) is 5.92 Å². The standard InChI is InChI=1S/C8H16N2O2/c1-12-5-6-2-3-10-7(4-6)8(9)11/h6-7,10H,2-5H2,1H3,(H2,9,11). The number of nitrogens with one attached hydrogen (secondary N) is 1. The number of amides is 1. The number of ether oxygens (including phenoxy) is 1. The van der Waals surface area contributed by atoms with Gasteiger partial charge in [0.05, 0.1) is 6.04 Å². The molecule has 70 valence electrons. The molecule has 0 aromatic carbocycles. The first-order chi connectivity index (χ1) is 5.74. The molecule has 0 bridgehead atoms. The van der Waals surface area contributed by atoms with Crippen molar-refractivity contribution in [1.29, 1.82) is 0 Å². The van der Waals surface area contributed by atoms with Crippen molar-refractivity contribution in [2.75, 3.05) is 20.3 Å². The predicted octanol–water partition coefficient (Wildman–Crippen LogP) is -0.514. The summed E-state index contributed by atoms with van der Waals surface area (Å²) in [5, 5.41) is 3.08. The Kier molecular flexibility index (Phi) is 3.49. The molecule has 0 radical (unpaired) electrons. The van der Waals surface area contributed by atoms with Crippen LogP contribution in [0.3, 0.4) is 0 Å². The van der Waals surface area contributed by atoms with E-state index < -0.39 is 0 Å². The van der Waals surface area contributed by atoms with Crippen LogP contribution in [0.15, 0.2) is 0 Å². The fraction of sp³-hybridized carbons (Fsp3) is 0.875. The van der Waals surface area contributed by atoms with Crippen LogP contribution < -0.4 is 11.1 Å². The summed E-state index contributed by atoms with van der Waals surface area (Å²) in [6.45, 7) is 1.59. The molecule has 2 atom stereocenters. The first-order valence-corrected chi connectivity index (χ1v) is 4.25. The first kappa shape index (κ1) is 9.48. The van der Waals surface area contributed by atoms with Gasteiger partial charge >= 0.3 is 0 Å². The summed E-state index contributed by atoms with van der Waals surface area (Å²) < 4.78 is 5.03. The van der Waals surface area contributed by atoms with Crippen LogP contribution in [0, 0.1) is 5.92 Å². The third kappa shape index (κ3) is 2.46. The maximum absolute atomic E-state index is 10.8. The number of rotatable bonds is 3. The highest BCUT2D eigenvalue weighted by atomic mass is 16.5. The highest BCUT2D eigenvalue weighted by Crippen LogP contribution is 2.15. The Hall–Kier alpha value is -0.610. The molecule has 1 heterocycles. The number of nitrogens with two attached hydrogens (primary N) is 1. The molecule has 4 nitrogen and oxygen atoms in total. The zero-order valence-corrected chi connectivity index (χ0v) is 7.38. The van der Waals surface area contributed by atoms with E-state index in [-0.39, 0.29) is 11.9 Å². The highest BCUT2D eigenvalue weighted by Gasteiger charge is 2.24. The average molecular weight is 172 g/mol. The van der Waals surface area contributed by atoms with Gasteiger partial charge in [-0.3, -0.25) is 4.79 Å². The number of primary amides is 1. The van der Waals surface area contributed by atoms with Gasteiger partial charge in [-0.05, 0) is 25.3 Å². The van der Waals surface area contributed by atoms with Crippen LogP contribution >= 0.6 is 0 Å². The van der Waals surface area contributed by atoms with Gasteiger partial charge in [-0.2, -0.15) is 0 Å². The Morgan fingerprint density at radius 2 is 2.50 bits per heavy atom. The van der Waals surface area contributed by atoms with Crippen molar-refractivity contribution in [2.24, 2.45) is 11.7 Å². The van der Waals surface area contributed by atoms with Crippen LogP contribution in [0.5, 0.6) is 0 Å². The van der Waals surface area contributed by atoms with Crippen LogP contribution in [-0.2, 0) is 9.53 Å². The van der Waals surface area contributed by atoms with Gasteiger partial charge < -0.3 is 15.8 Å². The zero-order chi connectivity index (χ0) is 8.97. The summed E-state index contributed by atoms with van der Waals surface area (Å²) >= 11 is 0. The van der Waals surface area contributed by atoms with E-state index in [4.69, 9.17) is 10.5 Å². The molecule has 1 saturated heterocycles. The normalized spacial score (nSPS) is 30.1. The molecule has 1 rings (SSSR count). The summed E-state index contributed by atoms with van der Waals surface area (Å²) in [5.41, 5.74) is 5.18. The third-order valence-electron chi connectivity index (χ3n) is 2.26. The van der Waals surface area contributed by atoms with Crippen molar-refractivity contribution in [3.05, 3.63) is 0 Å². The smallest absolute Gasteiger partial charge is 0.234 e. The minimum Gasteiger partial charge on any atom is -0.384 e. The molecule has 0 aromatic heterocycles. The Labute approximate surface area is 72.5 Å². The summed E-state index contributed by atoms with van der Waals surface area (Å²) in [7, 11) is 1.68. The average Bonchev–Trinajstić information content (AvgIpc) is 2.05. The Morgan fingerprint density at radius 1 is 1.75 bits per heavy atom. The van der Waals surface area contributed by atoms with E-state index >= 15 is 0 Å². The summed E-state index contributed by atoms with van der Waals surface area (Å²) in [5.74, 6) is 0.226. The van der Waals surface area contributed by atoms with E-state index in [1.165, 1.54) is 0 Å². The fourth-order valence-corrected chi connectivity index (χ4v) is 1.60. The van der Waals surface area contributed by atoms with Gasteiger partial charge in [0.1, 0.15) is 0 Å². The van der Waals surface area contributed by atoms with Gasteiger partial charge in [-0.1, -0.05) is 0 Å². The van der Waals surface area contributed by atoms with E-state index in [2.05, 4.69) is 5.32 Å². The number of hydrogen-bond acceptors (Lipinski definition) is 3. The van der Waals surface area contributed by atoms with Crippen molar-refractivity contribution < 1.29 is 9.53 Å². The fourth-order valence-electron chi connectivity index (χ4n) is 1.60. The lowest BCUT2D eigenvalue weighted by Gasteiger charge is -2.27. The van der Waals surface area contributed by atoms with Crippen LogP contribution in [0.25, 0.3) is 0 Å². The van der Waals surface area contributed by atoms with E-state index in [1.54, 1.807) is 7.11 Å². The van der Waals surface area contributed by atoms with E-state index in [9.17, 15) is 4.79 Å². The Bertz CT molecular complexity index is 159. The molecule has 1 aliphatic heterocycles. The maximum atomic E-state index is 10.8. The van der Waals surface area contributed by atoms with Crippen LogP contribution in [0.4, 0.5) is 0 Å². The Balaban J connectivity index is 2.35. The molecule has 0 aromatic rings. The van der Waals surface area contributed by atoms with Crippen molar-refractivity contribution in [3.8, 4) is 0 Å². The van der Waals surface area contributed by atoms with Crippen molar-refractivity contribution >= 4 is 5.91 Å². The first-order valence-electron chi connectivity index (χ1n) is 4.25. The monoisotopic (exact) mass is 172 g/mol. The molecule has 0 aliphatic carbocycles. The summed E-state index contributed by atoms with van der Waals surface area (Å²) in [6, 6.07) is -0.154. The lowest BCUT2D eigenvalue weighted by atomic mass is 9.93. The van der Waals surface area contributed by atoms with Crippen LogP contribution in [-0.4, -0.2) is 32.2 Å². The zero-order valence-electron chi connectivity index (χ0n) is 7.38. The van der Waals surface area contributed by atoms with Crippen molar-refractivity contribution in [1.82, 2.24) is 5.32 Å². The summed E-state index contributed by atoms with van der Waals surface area (Å²) in [4.78, 5) is 10.8. The number of hydrogen-bond donors (Lipinski definition) is 2. The van der Waals surface area contributed by atoms with Crippen molar-refractivity contribution in [2.45, 2.75) is 18.9 Å². The van der Waals surface area contributed by atoms with Crippen molar-refractivity contribution in [3.63, 3.8) is 0 Å². The lowest BCUT2D eigenvalue weighted by molar-refractivity contribution is -0.121. The molecular formula is C8H16N2O2. The number of carbonyl (C=O) groups excluding carboxylic acids is 1. The number of methoxy groups -OCH3 is 1. The minimum atomic E-state index is -0.254. The molecule has 3 N–H and O–H groups in total. The van der Waals surface area contributed by atoms with Gasteiger partial charge in [-0.15, -0.1) is 0 Å². The van der Waals surface area contributed by atoms with Gasteiger partial charge in [0, 0.05) is 13.7 Å². The molecule has 12 heavy (non-hydrogen) atoms. The molecule has 0 spiro atoms. The SMILES string of the molecule is COCC1CCNC(C(N)=O)C1. The second-order valence-electron chi connectivity index (χ2n) is 3.25. The van der Waals surface area contributed by atoms with Gasteiger partial charge in [0.2, 0.25) is 5.91 Å².